The summed E-state index contributed by atoms with van der Waals surface area (Å²) >= 11 is 0. The third kappa shape index (κ3) is 1.95. The first kappa shape index (κ1) is 11.8. The van der Waals surface area contributed by atoms with Gasteiger partial charge in [-0.25, -0.2) is 0 Å². The van der Waals surface area contributed by atoms with E-state index in [1.165, 1.54) is 0 Å². The van der Waals surface area contributed by atoms with E-state index in [4.69, 9.17) is 11.1 Å². The van der Waals surface area contributed by atoms with Gasteiger partial charge in [0.15, 0.2) is 5.69 Å². The van der Waals surface area contributed by atoms with E-state index in [0.717, 1.165) is 10.9 Å². The highest BCUT2D eigenvalue weighted by atomic mass is 16.3. The molecule has 0 atom stereocenters. The second kappa shape index (κ2) is 4.70. The number of rotatable bonds is 3. The Morgan fingerprint density at radius 2 is 2.22 bits per heavy atom. The van der Waals surface area contributed by atoms with Gasteiger partial charge in [-0.2, -0.15) is 0 Å². The zero-order chi connectivity index (χ0) is 13.1. The Balaban J connectivity index is 2.68. The lowest BCUT2D eigenvalue weighted by Crippen LogP contribution is -2.43. The first-order chi connectivity index (χ1) is 8.65. The first-order valence-electron chi connectivity index (χ1n) is 5.36. The maximum absolute atomic E-state index is 10.1. The Hall–Kier alpha value is -2.63. The highest BCUT2D eigenvalue weighted by Gasteiger charge is 2.16. The molecule has 2 aromatic rings. The van der Waals surface area contributed by atoms with Crippen molar-refractivity contribution in [2.45, 2.75) is 6.54 Å². The molecule has 92 valence electrons. The molecule has 0 saturated heterocycles. The van der Waals surface area contributed by atoms with Gasteiger partial charge in [0.2, 0.25) is 5.88 Å². The number of guanidine groups is 1. The fourth-order valence-corrected chi connectivity index (χ4v) is 1.79. The van der Waals surface area contributed by atoms with E-state index in [1.54, 1.807) is 10.6 Å². The van der Waals surface area contributed by atoms with Gasteiger partial charge >= 0.3 is 5.96 Å². The SMILES string of the molecule is C=CCn1c(O)c(N=NC(N)=[NH2+])c2ccccc21. The summed E-state index contributed by atoms with van der Waals surface area (Å²) < 4.78 is 1.68. The number of aromatic hydroxyl groups is 1. The Bertz CT molecular complexity index is 641. The van der Waals surface area contributed by atoms with Crippen LogP contribution >= 0.6 is 0 Å². The molecule has 1 aromatic carbocycles. The maximum atomic E-state index is 10.1. The standard InChI is InChI=1S/C12H13N5O/c1-2-7-17-9-6-4-3-5-8(9)10(11(17)18)15-16-12(13)14/h2-6,18H,1,7H2,(H3,13,14)/p+1. The Kier molecular flexibility index (Phi) is 3.09. The highest BCUT2D eigenvalue weighted by Crippen LogP contribution is 2.38. The molecule has 0 spiro atoms. The summed E-state index contributed by atoms with van der Waals surface area (Å²) in [6.07, 6.45) is 1.69. The molecule has 6 heteroatoms. The first-order valence-corrected chi connectivity index (χ1v) is 5.36. The van der Waals surface area contributed by atoms with Crippen LogP contribution in [-0.2, 0) is 6.54 Å². The van der Waals surface area contributed by atoms with Crippen LogP contribution in [0.15, 0.2) is 47.1 Å². The molecule has 0 unspecified atom stereocenters. The van der Waals surface area contributed by atoms with Crippen LogP contribution in [0.25, 0.3) is 10.9 Å². The Morgan fingerprint density at radius 3 is 2.89 bits per heavy atom. The zero-order valence-electron chi connectivity index (χ0n) is 9.74. The van der Waals surface area contributed by atoms with E-state index in [2.05, 4.69) is 16.8 Å². The largest absolute Gasteiger partial charge is 0.493 e. The number of benzene rings is 1. The van der Waals surface area contributed by atoms with Crippen molar-refractivity contribution in [1.82, 2.24) is 4.57 Å². The molecule has 0 aliphatic heterocycles. The molecule has 0 amide bonds. The summed E-state index contributed by atoms with van der Waals surface area (Å²) in [7, 11) is 0. The van der Waals surface area contributed by atoms with Crippen LogP contribution in [0.5, 0.6) is 5.88 Å². The minimum absolute atomic E-state index is 0.0149. The minimum Gasteiger partial charge on any atom is -0.493 e. The summed E-state index contributed by atoms with van der Waals surface area (Å²) in [5.74, 6) is -0.143. The van der Waals surface area contributed by atoms with Crippen LogP contribution in [0.1, 0.15) is 0 Å². The molecule has 0 fully saturated rings. The van der Waals surface area contributed by atoms with Gasteiger partial charge in [0.05, 0.1) is 5.52 Å². The van der Waals surface area contributed by atoms with E-state index >= 15 is 0 Å². The molecule has 18 heavy (non-hydrogen) atoms. The van der Waals surface area contributed by atoms with E-state index < -0.39 is 0 Å². The monoisotopic (exact) mass is 244 g/mol. The van der Waals surface area contributed by atoms with Crippen LogP contribution < -0.4 is 11.1 Å². The van der Waals surface area contributed by atoms with Gasteiger partial charge in [0, 0.05) is 17.0 Å². The summed E-state index contributed by atoms with van der Waals surface area (Å²) in [5.41, 5.74) is 6.42. The van der Waals surface area contributed by atoms with Crippen molar-refractivity contribution in [3.05, 3.63) is 36.9 Å². The van der Waals surface area contributed by atoms with Crippen molar-refractivity contribution in [1.29, 1.82) is 0 Å². The van der Waals surface area contributed by atoms with Crippen molar-refractivity contribution in [2.75, 3.05) is 0 Å². The fourth-order valence-electron chi connectivity index (χ4n) is 1.79. The molecule has 1 heterocycles. The predicted molar refractivity (Wildman–Crippen MR) is 69.4 cm³/mol. The number of nitrogens with zero attached hydrogens (tertiary/aromatic N) is 3. The number of nitrogens with two attached hydrogens (primary N) is 2. The number of hydrogen-bond donors (Lipinski definition) is 3. The molecule has 0 aliphatic carbocycles. The van der Waals surface area contributed by atoms with Gasteiger partial charge in [0.1, 0.15) is 0 Å². The van der Waals surface area contributed by atoms with E-state index in [9.17, 15) is 5.11 Å². The number of fused-ring (bicyclic) bond motifs is 1. The average Bonchev–Trinajstić information content (AvgIpc) is 2.61. The molecule has 1 aromatic heterocycles. The van der Waals surface area contributed by atoms with Gasteiger partial charge in [0.25, 0.3) is 0 Å². The molecule has 5 N–H and O–H groups in total. The minimum atomic E-state index is -0.157. The van der Waals surface area contributed by atoms with Crippen molar-refractivity contribution < 1.29 is 10.5 Å². The topological polar surface area (TPSA) is 101 Å². The molecule has 6 nitrogen and oxygen atoms in total. The maximum Gasteiger partial charge on any atom is 0.403 e. The molecule has 0 radical (unpaired) electrons. The van der Waals surface area contributed by atoms with Crippen LogP contribution in [0.4, 0.5) is 5.69 Å². The third-order valence-electron chi connectivity index (χ3n) is 2.49. The third-order valence-corrected chi connectivity index (χ3v) is 2.49. The molecular weight excluding hydrogens is 230 g/mol. The van der Waals surface area contributed by atoms with Crippen molar-refractivity contribution in [3.63, 3.8) is 0 Å². The van der Waals surface area contributed by atoms with E-state index in [1.807, 2.05) is 24.3 Å². The van der Waals surface area contributed by atoms with Crippen molar-refractivity contribution in [2.24, 2.45) is 16.0 Å². The quantitative estimate of drug-likeness (QED) is 0.320. The lowest BCUT2D eigenvalue weighted by atomic mass is 10.2. The van der Waals surface area contributed by atoms with Gasteiger partial charge in [-0.1, -0.05) is 29.4 Å². The van der Waals surface area contributed by atoms with E-state index in [0.29, 0.717) is 12.2 Å². The molecule has 0 aliphatic rings. The summed E-state index contributed by atoms with van der Waals surface area (Å²) in [6.45, 7) is 4.13. The number of para-hydroxylation sites is 1. The normalized spacial score (nSPS) is 11.1. The average molecular weight is 244 g/mol. The number of aromatic nitrogens is 1. The number of hydrogen-bond acceptors (Lipinski definition) is 2. The second-order valence-electron chi connectivity index (χ2n) is 3.71. The van der Waals surface area contributed by atoms with Crippen LogP contribution in [-0.4, -0.2) is 15.6 Å². The fraction of sp³-hybridized carbons (Fsp3) is 0.0833. The second-order valence-corrected chi connectivity index (χ2v) is 3.71. The van der Waals surface area contributed by atoms with E-state index in [-0.39, 0.29) is 11.8 Å². The van der Waals surface area contributed by atoms with Crippen molar-refractivity contribution in [3.8, 4) is 5.88 Å². The van der Waals surface area contributed by atoms with Crippen molar-refractivity contribution >= 4 is 22.5 Å². The van der Waals surface area contributed by atoms with Gasteiger partial charge < -0.3 is 9.67 Å². The van der Waals surface area contributed by atoms with Gasteiger partial charge in [-0.05, 0) is 6.07 Å². The smallest absolute Gasteiger partial charge is 0.403 e. The Morgan fingerprint density at radius 1 is 1.50 bits per heavy atom. The number of azo groups is 1. The molecular formula is C12H14N5O+. The Labute approximate surface area is 104 Å². The molecule has 0 bridgehead atoms. The zero-order valence-corrected chi connectivity index (χ0v) is 9.74. The summed E-state index contributed by atoms with van der Waals surface area (Å²) in [4.78, 5) is 0. The lowest BCUT2D eigenvalue weighted by Gasteiger charge is -2.01. The van der Waals surface area contributed by atoms with Gasteiger partial charge in [-0.3, -0.25) is 11.1 Å². The van der Waals surface area contributed by atoms with Crippen LogP contribution in [0, 0.1) is 0 Å². The summed E-state index contributed by atoms with van der Waals surface area (Å²) in [6, 6.07) is 7.46. The van der Waals surface area contributed by atoms with Gasteiger partial charge in [-0.15, -0.1) is 6.58 Å². The highest BCUT2D eigenvalue weighted by molar-refractivity contribution is 5.95. The molecule has 2 rings (SSSR count). The van der Waals surface area contributed by atoms with Crippen LogP contribution in [0.3, 0.4) is 0 Å². The van der Waals surface area contributed by atoms with Crippen LogP contribution in [0.2, 0.25) is 0 Å². The predicted octanol–water partition coefficient (Wildman–Crippen LogP) is 0.690. The lowest BCUT2D eigenvalue weighted by molar-refractivity contribution is -0.117. The number of allylic oxidation sites excluding steroid dienone is 1. The molecule has 0 saturated carbocycles. The summed E-state index contributed by atoms with van der Waals surface area (Å²) in [5, 5.41) is 23.6.